The molecule has 4 rings (SSSR count). The monoisotopic (exact) mass is 278 g/mol. The Balaban J connectivity index is 2.01. The van der Waals surface area contributed by atoms with Gasteiger partial charge in [-0.2, -0.15) is 0 Å². The third-order valence-electron chi connectivity index (χ3n) is 3.15. The van der Waals surface area contributed by atoms with Crippen LogP contribution >= 0.6 is 11.3 Å². The number of thiazole rings is 1. The molecule has 0 aliphatic carbocycles. The number of hydrogen-bond acceptors (Lipinski definition) is 4. The molecular weight excluding hydrogens is 270 g/mol. The van der Waals surface area contributed by atoms with E-state index in [-0.39, 0.29) is 5.56 Å². The molecule has 0 fully saturated rings. The average molecular weight is 278 g/mol. The van der Waals surface area contributed by atoms with Gasteiger partial charge in [0.15, 0.2) is 5.65 Å². The number of pyridine rings is 2. The van der Waals surface area contributed by atoms with E-state index in [1.165, 1.54) is 15.9 Å². The highest BCUT2D eigenvalue weighted by molar-refractivity contribution is 7.16. The van der Waals surface area contributed by atoms with Crippen LogP contribution in [0.1, 0.15) is 0 Å². The first-order valence-electron chi connectivity index (χ1n) is 6.06. The molecule has 0 saturated carbocycles. The zero-order valence-corrected chi connectivity index (χ0v) is 11.1. The summed E-state index contributed by atoms with van der Waals surface area (Å²) in [5, 5.41) is 1.54. The molecule has 0 aliphatic heterocycles. The van der Waals surface area contributed by atoms with Gasteiger partial charge >= 0.3 is 0 Å². The van der Waals surface area contributed by atoms with Crippen molar-refractivity contribution in [1.82, 2.24) is 14.5 Å². The van der Waals surface area contributed by atoms with Gasteiger partial charge in [-0.05, 0) is 29.7 Å². The Labute approximate surface area is 118 Å². The van der Waals surface area contributed by atoms with Crippen LogP contribution in [0.4, 0.5) is 0 Å². The van der Waals surface area contributed by atoms with Crippen molar-refractivity contribution in [2.45, 2.75) is 0 Å². The molecule has 0 N–H and O–H groups in total. The fraction of sp³-hybridized carbons (Fsp3) is 0. The van der Waals surface area contributed by atoms with E-state index in [2.05, 4.69) is 16.2 Å². The minimum absolute atomic E-state index is 0.120. The van der Waals surface area contributed by atoms with Crippen molar-refractivity contribution in [2.75, 3.05) is 0 Å². The highest BCUT2D eigenvalue weighted by Gasteiger charge is 2.07. The van der Waals surface area contributed by atoms with Crippen LogP contribution in [0, 0.1) is 6.20 Å². The maximum atomic E-state index is 12.5. The van der Waals surface area contributed by atoms with Gasteiger partial charge < -0.3 is 0 Å². The first-order chi connectivity index (χ1) is 9.83. The summed E-state index contributed by atoms with van der Waals surface area (Å²) >= 11 is 1.53. The molecule has 5 heteroatoms. The molecule has 20 heavy (non-hydrogen) atoms. The molecule has 3 aromatic heterocycles. The summed E-state index contributed by atoms with van der Waals surface area (Å²) in [6, 6.07) is 13.0. The predicted molar refractivity (Wildman–Crippen MR) is 79.4 cm³/mol. The number of hydrogen-bond donors (Lipinski definition) is 0. The highest BCUT2D eigenvalue weighted by atomic mass is 32.1. The topological polar surface area (TPSA) is 47.8 Å². The van der Waals surface area contributed by atoms with Gasteiger partial charge in [-0.1, -0.05) is 18.2 Å². The quantitative estimate of drug-likeness (QED) is 0.538. The van der Waals surface area contributed by atoms with Crippen molar-refractivity contribution in [3.63, 3.8) is 0 Å². The number of nitrogens with zero attached hydrogens (tertiary/aromatic N) is 3. The van der Waals surface area contributed by atoms with E-state index in [0.717, 1.165) is 10.1 Å². The molecule has 1 aromatic carbocycles. The van der Waals surface area contributed by atoms with E-state index < -0.39 is 0 Å². The lowest BCUT2D eigenvalue weighted by Crippen LogP contribution is -2.18. The SMILES string of the molecule is O=c1c2ccccc2c[c]n1-c1ccc2scnc2n1. The Morgan fingerprint density at radius 3 is 3.00 bits per heavy atom. The van der Waals surface area contributed by atoms with Crippen molar-refractivity contribution in [3.05, 3.63) is 64.5 Å². The summed E-state index contributed by atoms with van der Waals surface area (Å²) in [6.07, 6.45) is 2.97. The van der Waals surface area contributed by atoms with Gasteiger partial charge in [-0.15, -0.1) is 11.3 Å². The standard InChI is InChI=1S/C15H8N3OS/c19-15-11-4-2-1-3-10(11)7-8-18(15)13-6-5-12-14(17-13)16-9-20-12/h1-7,9H. The molecule has 0 saturated heterocycles. The minimum Gasteiger partial charge on any atom is -0.268 e. The van der Waals surface area contributed by atoms with Crippen LogP contribution in [0.5, 0.6) is 0 Å². The summed E-state index contributed by atoms with van der Waals surface area (Å²) in [5.74, 6) is 0.541. The number of fused-ring (bicyclic) bond motifs is 2. The second-order valence-electron chi connectivity index (χ2n) is 4.34. The van der Waals surface area contributed by atoms with E-state index in [1.54, 1.807) is 11.6 Å². The second kappa shape index (κ2) is 4.25. The third kappa shape index (κ3) is 1.64. The molecule has 0 atom stereocenters. The molecule has 0 spiro atoms. The van der Waals surface area contributed by atoms with Crippen LogP contribution in [-0.2, 0) is 0 Å². The first-order valence-corrected chi connectivity index (χ1v) is 6.94. The fourth-order valence-electron chi connectivity index (χ4n) is 2.17. The Bertz CT molecular complexity index is 987. The lowest BCUT2D eigenvalue weighted by molar-refractivity contribution is 0.953. The van der Waals surface area contributed by atoms with Crippen molar-refractivity contribution in [1.29, 1.82) is 0 Å². The Morgan fingerprint density at radius 2 is 2.05 bits per heavy atom. The van der Waals surface area contributed by atoms with Gasteiger partial charge in [0.05, 0.1) is 16.4 Å². The first kappa shape index (κ1) is 11.3. The Hall–Kier alpha value is -2.53. The van der Waals surface area contributed by atoms with Crippen molar-refractivity contribution >= 4 is 32.5 Å². The lowest BCUT2D eigenvalue weighted by Gasteiger charge is -2.05. The number of aromatic nitrogens is 3. The van der Waals surface area contributed by atoms with Gasteiger partial charge in [0.2, 0.25) is 0 Å². The molecule has 1 radical (unpaired) electrons. The molecule has 4 nitrogen and oxygen atoms in total. The van der Waals surface area contributed by atoms with Gasteiger partial charge in [0.1, 0.15) is 5.82 Å². The summed E-state index contributed by atoms with van der Waals surface area (Å²) in [4.78, 5) is 21.1. The molecular formula is C15H8N3OS. The van der Waals surface area contributed by atoms with E-state index in [0.29, 0.717) is 16.9 Å². The second-order valence-corrected chi connectivity index (χ2v) is 5.23. The van der Waals surface area contributed by atoms with Crippen molar-refractivity contribution < 1.29 is 0 Å². The average Bonchev–Trinajstić information content (AvgIpc) is 2.95. The van der Waals surface area contributed by atoms with Gasteiger partial charge in [-0.3, -0.25) is 9.36 Å². The minimum atomic E-state index is -0.120. The van der Waals surface area contributed by atoms with Gasteiger partial charge in [-0.25, -0.2) is 9.97 Å². The number of rotatable bonds is 1. The van der Waals surface area contributed by atoms with Crippen LogP contribution in [0.3, 0.4) is 0 Å². The fourth-order valence-corrected chi connectivity index (χ4v) is 2.79. The molecule has 95 valence electrons. The summed E-state index contributed by atoms with van der Waals surface area (Å²) in [5.41, 5.74) is 2.28. The maximum absolute atomic E-state index is 12.5. The lowest BCUT2D eigenvalue weighted by atomic mass is 10.2. The third-order valence-corrected chi connectivity index (χ3v) is 3.94. The smallest absolute Gasteiger partial charge is 0.264 e. The van der Waals surface area contributed by atoms with Crippen LogP contribution in [0.15, 0.2) is 52.8 Å². The van der Waals surface area contributed by atoms with E-state index in [1.807, 2.05) is 36.4 Å². The molecule has 3 heterocycles. The van der Waals surface area contributed by atoms with Gasteiger partial charge in [0.25, 0.3) is 5.56 Å². The van der Waals surface area contributed by atoms with Gasteiger partial charge in [0, 0.05) is 5.39 Å². The van der Waals surface area contributed by atoms with Crippen LogP contribution < -0.4 is 5.56 Å². The van der Waals surface area contributed by atoms with Crippen molar-refractivity contribution in [3.8, 4) is 5.82 Å². The summed E-state index contributed by atoms with van der Waals surface area (Å²) in [6.45, 7) is 0. The van der Waals surface area contributed by atoms with Crippen molar-refractivity contribution in [2.24, 2.45) is 0 Å². The maximum Gasteiger partial charge on any atom is 0.264 e. The predicted octanol–water partition coefficient (Wildman–Crippen LogP) is 2.80. The Morgan fingerprint density at radius 1 is 1.15 bits per heavy atom. The Kier molecular flexibility index (Phi) is 2.40. The van der Waals surface area contributed by atoms with E-state index >= 15 is 0 Å². The normalized spacial score (nSPS) is 11.2. The number of benzene rings is 1. The summed E-state index contributed by atoms with van der Waals surface area (Å²) < 4.78 is 2.43. The van der Waals surface area contributed by atoms with Crippen LogP contribution in [-0.4, -0.2) is 14.5 Å². The zero-order valence-electron chi connectivity index (χ0n) is 10.3. The molecule has 0 bridgehead atoms. The van der Waals surface area contributed by atoms with Crippen LogP contribution in [0.25, 0.3) is 26.9 Å². The van der Waals surface area contributed by atoms with E-state index in [4.69, 9.17) is 0 Å². The van der Waals surface area contributed by atoms with Crippen LogP contribution in [0.2, 0.25) is 0 Å². The summed E-state index contributed by atoms with van der Waals surface area (Å²) in [7, 11) is 0. The molecule has 4 aromatic rings. The van der Waals surface area contributed by atoms with E-state index in [9.17, 15) is 4.79 Å². The molecule has 0 unspecified atom stereocenters. The zero-order chi connectivity index (χ0) is 13.5. The largest absolute Gasteiger partial charge is 0.268 e. The molecule has 0 aliphatic rings. The molecule has 0 amide bonds. The highest BCUT2D eigenvalue weighted by Crippen LogP contribution is 2.17.